The summed E-state index contributed by atoms with van der Waals surface area (Å²) in [7, 11) is 2.18. The van der Waals surface area contributed by atoms with Crippen molar-refractivity contribution in [3.63, 3.8) is 0 Å². The number of fused-ring (bicyclic) bond motifs is 2. The van der Waals surface area contributed by atoms with Crippen LogP contribution in [0.2, 0.25) is 0 Å². The molecule has 3 aromatic heterocycles. The Morgan fingerprint density at radius 1 is 1.25 bits per heavy atom. The Balaban J connectivity index is 0.000000233. The van der Waals surface area contributed by atoms with Crippen LogP contribution < -0.4 is 5.32 Å². The number of carbonyl (C=O) groups excluding carboxylic acids is 1. The van der Waals surface area contributed by atoms with Gasteiger partial charge in [0.1, 0.15) is 11.2 Å². The van der Waals surface area contributed by atoms with E-state index >= 15 is 0 Å². The molecule has 0 radical (unpaired) electrons. The molecule has 4 heterocycles. The molecular formula is C19H20N6OS2. The van der Waals surface area contributed by atoms with E-state index in [1.807, 2.05) is 30.3 Å². The Labute approximate surface area is 170 Å². The van der Waals surface area contributed by atoms with Gasteiger partial charge in [0.15, 0.2) is 12.1 Å². The van der Waals surface area contributed by atoms with Gasteiger partial charge in [-0.1, -0.05) is 0 Å². The van der Waals surface area contributed by atoms with Gasteiger partial charge in [-0.05, 0) is 48.9 Å². The number of aldehydes is 1. The number of thioether (sulfide) groups is 1. The number of anilines is 2. The molecule has 5 rings (SSSR count). The molecule has 7 nitrogen and oxygen atoms in total. The third kappa shape index (κ3) is 4.16. The Morgan fingerprint density at radius 2 is 2.11 bits per heavy atom. The Morgan fingerprint density at radius 3 is 2.86 bits per heavy atom. The number of nitrogens with zero attached hydrogens (tertiary/aromatic N) is 4. The molecule has 0 bridgehead atoms. The Kier molecular flexibility index (Phi) is 5.84. The molecule has 2 N–H and O–H groups in total. The molecule has 0 atom stereocenters. The van der Waals surface area contributed by atoms with E-state index in [0.717, 1.165) is 33.1 Å². The molecule has 28 heavy (non-hydrogen) atoms. The highest BCUT2D eigenvalue weighted by molar-refractivity contribution is 7.99. The molecule has 0 amide bonds. The maximum absolute atomic E-state index is 10.9. The van der Waals surface area contributed by atoms with Crippen LogP contribution in [0.25, 0.3) is 21.1 Å². The number of pyridine rings is 1. The second-order valence-corrected chi connectivity index (χ2v) is 8.44. The zero-order chi connectivity index (χ0) is 19.3. The van der Waals surface area contributed by atoms with Gasteiger partial charge in [0.25, 0.3) is 0 Å². The molecule has 144 valence electrons. The van der Waals surface area contributed by atoms with Gasteiger partial charge in [-0.25, -0.2) is 0 Å². The first-order valence-electron chi connectivity index (χ1n) is 8.91. The summed E-state index contributed by atoms with van der Waals surface area (Å²) in [5, 5.41) is 11.3. The number of aromatic amines is 1. The van der Waals surface area contributed by atoms with Gasteiger partial charge in [-0.15, -0.1) is 0 Å². The van der Waals surface area contributed by atoms with E-state index in [9.17, 15) is 4.79 Å². The normalized spacial score (nSPS) is 14.6. The van der Waals surface area contributed by atoms with E-state index in [-0.39, 0.29) is 0 Å². The van der Waals surface area contributed by atoms with Crippen molar-refractivity contribution in [2.75, 3.05) is 37.0 Å². The van der Waals surface area contributed by atoms with Crippen LogP contribution in [0.1, 0.15) is 10.5 Å². The highest BCUT2D eigenvalue weighted by atomic mass is 32.2. The summed E-state index contributed by atoms with van der Waals surface area (Å²) >= 11 is 3.36. The SMILES string of the molecule is CN1CCSCC1.O=Cc1nsc2cc(Nc3n[nH]c4cccnc34)ccc12. The summed E-state index contributed by atoms with van der Waals surface area (Å²) < 4.78 is 5.07. The van der Waals surface area contributed by atoms with Gasteiger partial charge in [0.05, 0.1) is 10.2 Å². The molecule has 0 saturated carbocycles. The van der Waals surface area contributed by atoms with Crippen molar-refractivity contribution in [3.05, 3.63) is 42.2 Å². The second kappa shape index (κ2) is 8.68. The van der Waals surface area contributed by atoms with Gasteiger partial charge in [-0.3, -0.25) is 14.9 Å². The van der Waals surface area contributed by atoms with Crippen LogP contribution in [-0.2, 0) is 0 Å². The van der Waals surface area contributed by atoms with Crippen molar-refractivity contribution in [3.8, 4) is 0 Å². The van der Waals surface area contributed by atoms with Gasteiger partial charge >= 0.3 is 0 Å². The average molecular weight is 413 g/mol. The largest absolute Gasteiger partial charge is 0.337 e. The van der Waals surface area contributed by atoms with E-state index in [2.05, 4.69) is 48.6 Å². The first-order valence-corrected chi connectivity index (χ1v) is 10.8. The maximum atomic E-state index is 10.9. The molecule has 1 aliphatic heterocycles. The smallest absolute Gasteiger partial charge is 0.178 e. The predicted octanol–water partition coefficient (Wildman–Crippen LogP) is 3.79. The van der Waals surface area contributed by atoms with Crippen LogP contribution in [0.3, 0.4) is 0 Å². The van der Waals surface area contributed by atoms with Crippen LogP contribution in [0.15, 0.2) is 36.5 Å². The van der Waals surface area contributed by atoms with Crippen molar-refractivity contribution in [1.29, 1.82) is 0 Å². The average Bonchev–Trinajstić information content (AvgIpc) is 3.33. The quantitative estimate of drug-likeness (QED) is 0.495. The van der Waals surface area contributed by atoms with Crippen LogP contribution in [0.4, 0.5) is 11.5 Å². The minimum atomic E-state index is 0.480. The molecule has 9 heteroatoms. The molecule has 1 aliphatic rings. The summed E-state index contributed by atoms with van der Waals surface area (Å²) in [5.41, 5.74) is 3.02. The molecular weight excluding hydrogens is 392 g/mol. The minimum Gasteiger partial charge on any atom is -0.337 e. The number of H-pyrrole nitrogens is 1. The maximum Gasteiger partial charge on any atom is 0.178 e. The number of benzene rings is 1. The van der Waals surface area contributed by atoms with Gasteiger partial charge in [-0.2, -0.15) is 21.2 Å². The lowest BCUT2D eigenvalue weighted by Crippen LogP contribution is -2.28. The first kappa shape index (κ1) is 18.9. The fourth-order valence-electron chi connectivity index (χ4n) is 2.85. The standard InChI is InChI=1S/C14H9N5OS.C5H11NS/c20-7-11-9-4-3-8(6-12(9)21-19-11)16-14-13-10(17-18-14)2-1-5-15-13;1-6-2-4-7-5-3-6/h1-7H,(H2,16,17,18);2-5H2,1H3. The van der Waals surface area contributed by atoms with Crippen molar-refractivity contribution in [1.82, 2.24) is 24.5 Å². The van der Waals surface area contributed by atoms with Crippen LogP contribution in [0.5, 0.6) is 0 Å². The number of rotatable bonds is 3. The fraction of sp³-hybridized carbons (Fsp3) is 0.263. The van der Waals surface area contributed by atoms with E-state index in [4.69, 9.17) is 0 Å². The van der Waals surface area contributed by atoms with Gasteiger partial charge < -0.3 is 10.2 Å². The summed E-state index contributed by atoms with van der Waals surface area (Å²) in [5.74, 6) is 3.33. The lowest BCUT2D eigenvalue weighted by molar-refractivity contribution is 0.112. The molecule has 4 aromatic rings. The van der Waals surface area contributed by atoms with Crippen LogP contribution >= 0.6 is 23.3 Å². The number of hydrogen-bond acceptors (Lipinski definition) is 8. The topological polar surface area (TPSA) is 86.8 Å². The number of carbonyl (C=O) groups is 1. The molecule has 1 saturated heterocycles. The number of nitrogens with one attached hydrogen (secondary N) is 2. The predicted molar refractivity (Wildman–Crippen MR) is 117 cm³/mol. The Bertz CT molecular complexity index is 1090. The molecule has 0 unspecified atom stereocenters. The highest BCUT2D eigenvalue weighted by Crippen LogP contribution is 2.28. The highest BCUT2D eigenvalue weighted by Gasteiger charge is 2.09. The third-order valence-electron chi connectivity index (χ3n) is 4.43. The van der Waals surface area contributed by atoms with Crippen LogP contribution in [0, 0.1) is 0 Å². The minimum absolute atomic E-state index is 0.480. The summed E-state index contributed by atoms with van der Waals surface area (Å²) in [6.45, 7) is 2.56. The molecule has 0 spiro atoms. The van der Waals surface area contributed by atoms with Crippen molar-refractivity contribution in [2.45, 2.75) is 0 Å². The second-order valence-electron chi connectivity index (χ2n) is 6.41. The molecule has 1 aromatic carbocycles. The van der Waals surface area contributed by atoms with E-state index < -0.39 is 0 Å². The fourth-order valence-corrected chi connectivity index (χ4v) is 4.73. The van der Waals surface area contributed by atoms with E-state index in [1.165, 1.54) is 36.1 Å². The summed E-state index contributed by atoms with van der Waals surface area (Å²) in [6, 6.07) is 9.50. The zero-order valence-electron chi connectivity index (χ0n) is 15.4. The van der Waals surface area contributed by atoms with Crippen LogP contribution in [-0.4, -0.2) is 62.4 Å². The van der Waals surface area contributed by atoms with E-state index in [1.54, 1.807) is 6.20 Å². The van der Waals surface area contributed by atoms with Gasteiger partial charge in [0, 0.05) is 41.9 Å². The monoisotopic (exact) mass is 412 g/mol. The Hall–Kier alpha value is -2.49. The van der Waals surface area contributed by atoms with E-state index in [0.29, 0.717) is 11.5 Å². The lowest BCUT2D eigenvalue weighted by Gasteiger charge is -2.20. The van der Waals surface area contributed by atoms with Gasteiger partial charge in [0.2, 0.25) is 0 Å². The zero-order valence-corrected chi connectivity index (χ0v) is 17.0. The molecule has 0 aliphatic carbocycles. The van der Waals surface area contributed by atoms with Crippen molar-refractivity contribution >= 4 is 62.2 Å². The number of aromatic nitrogens is 4. The molecule has 1 fully saturated rings. The summed E-state index contributed by atoms with van der Waals surface area (Å²) in [6.07, 6.45) is 2.50. The lowest BCUT2D eigenvalue weighted by atomic mass is 10.2. The van der Waals surface area contributed by atoms with Crippen molar-refractivity contribution in [2.24, 2.45) is 0 Å². The number of hydrogen-bond donors (Lipinski definition) is 2. The summed E-state index contributed by atoms with van der Waals surface area (Å²) in [4.78, 5) is 17.6. The first-order chi connectivity index (χ1) is 13.7. The van der Waals surface area contributed by atoms with Crippen molar-refractivity contribution < 1.29 is 4.79 Å². The third-order valence-corrected chi connectivity index (χ3v) is 6.19.